The van der Waals surface area contributed by atoms with Gasteiger partial charge in [-0.05, 0) is 43.5 Å². The monoisotopic (exact) mass is 298 g/mol. The van der Waals surface area contributed by atoms with Gasteiger partial charge in [0, 0.05) is 26.0 Å². The first-order chi connectivity index (χ1) is 10.7. The Kier molecular flexibility index (Phi) is 4.22. The van der Waals surface area contributed by atoms with Crippen molar-refractivity contribution in [1.29, 1.82) is 0 Å². The van der Waals surface area contributed by atoms with E-state index in [1.54, 1.807) is 17.1 Å². The highest BCUT2D eigenvalue weighted by molar-refractivity contribution is 5.93. The number of nitrogens with zero attached hydrogens (tertiary/aromatic N) is 4. The molecule has 116 valence electrons. The van der Waals surface area contributed by atoms with Crippen molar-refractivity contribution in [3.8, 4) is 0 Å². The van der Waals surface area contributed by atoms with E-state index < -0.39 is 0 Å². The van der Waals surface area contributed by atoms with Crippen LogP contribution in [0.5, 0.6) is 0 Å². The summed E-state index contributed by atoms with van der Waals surface area (Å²) >= 11 is 0. The Morgan fingerprint density at radius 1 is 1.23 bits per heavy atom. The second-order valence-corrected chi connectivity index (χ2v) is 5.94. The van der Waals surface area contributed by atoms with E-state index in [2.05, 4.69) is 10.1 Å². The first-order valence-electron chi connectivity index (χ1n) is 7.88. The number of carbonyl (C=O) groups excluding carboxylic acids is 1. The van der Waals surface area contributed by atoms with E-state index in [0.29, 0.717) is 5.69 Å². The maximum absolute atomic E-state index is 13.0. The first kappa shape index (κ1) is 14.8. The fraction of sp³-hybridized carbons (Fsp3) is 0.471. The minimum absolute atomic E-state index is 0.0758. The van der Waals surface area contributed by atoms with Crippen molar-refractivity contribution in [3.63, 3.8) is 0 Å². The van der Waals surface area contributed by atoms with Gasteiger partial charge in [-0.1, -0.05) is 12.8 Å². The van der Waals surface area contributed by atoms with E-state index in [9.17, 15) is 4.79 Å². The molecule has 0 aliphatic carbocycles. The average Bonchev–Trinajstić information content (AvgIpc) is 2.74. The highest BCUT2D eigenvalue weighted by Gasteiger charge is 2.29. The maximum atomic E-state index is 13.0. The summed E-state index contributed by atoms with van der Waals surface area (Å²) in [7, 11) is 1.83. The molecule has 5 heteroatoms. The van der Waals surface area contributed by atoms with Crippen molar-refractivity contribution in [2.24, 2.45) is 7.05 Å². The van der Waals surface area contributed by atoms with E-state index in [-0.39, 0.29) is 11.9 Å². The van der Waals surface area contributed by atoms with Gasteiger partial charge >= 0.3 is 0 Å². The van der Waals surface area contributed by atoms with Crippen LogP contribution in [0.1, 0.15) is 53.5 Å². The van der Waals surface area contributed by atoms with Crippen LogP contribution in [0.4, 0.5) is 0 Å². The third-order valence-corrected chi connectivity index (χ3v) is 4.33. The Labute approximate surface area is 131 Å². The van der Waals surface area contributed by atoms with E-state index in [0.717, 1.165) is 31.5 Å². The number of carbonyl (C=O) groups is 1. The zero-order valence-corrected chi connectivity index (χ0v) is 13.2. The quantitative estimate of drug-likeness (QED) is 0.856. The number of hydrogen-bond donors (Lipinski definition) is 0. The Bertz CT molecular complexity index is 650. The summed E-state index contributed by atoms with van der Waals surface area (Å²) in [6.07, 6.45) is 8.00. The van der Waals surface area contributed by atoms with Crippen molar-refractivity contribution in [2.45, 2.75) is 38.6 Å². The maximum Gasteiger partial charge on any atom is 0.272 e. The molecule has 0 bridgehead atoms. The summed E-state index contributed by atoms with van der Waals surface area (Å²) in [5.74, 6) is 0.0758. The van der Waals surface area contributed by atoms with Crippen LogP contribution in [0.25, 0.3) is 0 Å². The summed E-state index contributed by atoms with van der Waals surface area (Å²) in [5.41, 5.74) is 2.71. The van der Waals surface area contributed by atoms with Crippen LogP contribution in [0.3, 0.4) is 0 Å². The van der Waals surface area contributed by atoms with E-state index in [1.165, 1.54) is 12.0 Å². The molecule has 2 aromatic heterocycles. The molecule has 1 unspecified atom stereocenters. The molecule has 1 atom stereocenters. The van der Waals surface area contributed by atoms with Crippen LogP contribution in [0.15, 0.2) is 30.6 Å². The summed E-state index contributed by atoms with van der Waals surface area (Å²) in [4.78, 5) is 19.1. The van der Waals surface area contributed by atoms with E-state index in [4.69, 9.17) is 0 Å². The van der Waals surface area contributed by atoms with Crippen molar-refractivity contribution in [3.05, 3.63) is 47.5 Å². The van der Waals surface area contributed by atoms with Gasteiger partial charge in [-0.25, -0.2) is 0 Å². The molecule has 0 radical (unpaired) electrons. The molecule has 0 N–H and O–H groups in total. The lowest BCUT2D eigenvalue weighted by Crippen LogP contribution is -2.35. The number of rotatable bonds is 2. The van der Waals surface area contributed by atoms with Gasteiger partial charge in [0.15, 0.2) is 0 Å². The van der Waals surface area contributed by atoms with Crippen LogP contribution in [0.2, 0.25) is 0 Å². The van der Waals surface area contributed by atoms with Gasteiger partial charge in [-0.15, -0.1) is 0 Å². The van der Waals surface area contributed by atoms with Crippen molar-refractivity contribution >= 4 is 5.91 Å². The molecule has 2 aromatic rings. The van der Waals surface area contributed by atoms with Gasteiger partial charge in [0.2, 0.25) is 0 Å². The highest BCUT2D eigenvalue weighted by atomic mass is 16.2. The summed E-state index contributed by atoms with van der Waals surface area (Å²) in [6, 6.07) is 6.04. The fourth-order valence-corrected chi connectivity index (χ4v) is 3.24. The second kappa shape index (κ2) is 6.30. The smallest absolute Gasteiger partial charge is 0.272 e. The van der Waals surface area contributed by atoms with Crippen molar-refractivity contribution in [1.82, 2.24) is 19.7 Å². The van der Waals surface area contributed by atoms with Gasteiger partial charge in [0.1, 0.15) is 5.69 Å². The molecule has 1 amide bonds. The topological polar surface area (TPSA) is 51.0 Å². The van der Waals surface area contributed by atoms with Gasteiger partial charge in [0.05, 0.1) is 11.7 Å². The van der Waals surface area contributed by atoms with Crippen LogP contribution < -0.4 is 0 Å². The molecule has 3 heterocycles. The predicted molar refractivity (Wildman–Crippen MR) is 84.4 cm³/mol. The molecule has 0 aromatic carbocycles. The minimum atomic E-state index is 0.0758. The lowest BCUT2D eigenvalue weighted by atomic mass is 10.0. The second-order valence-electron chi connectivity index (χ2n) is 5.94. The Morgan fingerprint density at radius 3 is 2.68 bits per heavy atom. The SMILES string of the molecule is Cc1cc(C(=O)N2CCCCCC2c2ccncc2)n(C)n1. The minimum Gasteiger partial charge on any atom is -0.330 e. The summed E-state index contributed by atoms with van der Waals surface area (Å²) in [5, 5.41) is 4.31. The number of amides is 1. The summed E-state index contributed by atoms with van der Waals surface area (Å²) in [6.45, 7) is 2.72. The highest BCUT2D eigenvalue weighted by Crippen LogP contribution is 2.31. The van der Waals surface area contributed by atoms with Crippen molar-refractivity contribution in [2.75, 3.05) is 6.54 Å². The number of hydrogen-bond acceptors (Lipinski definition) is 3. The Morgan fingerprint density at radius 2 is 2.00 bits per heavy atom. The normalized spacial score (nSPS) is 19.0. The Hall–Kier alpha value is -2.17. The molecule has 1 aliphatic rings. The zero-order valence-electron chi connectivity index (χ0n) is 13.2. The van der Waals surface area contributed by atoms with Crippen molar-refractivity contribution < 1.29 is 4.79 Å². The van der Waals surface area contributed by atoms with Crippen LogP contribution in [-0.4, -0.2) is 32.1 Å². The third kappa shape index (κ3) is 2.89. The zero-order chi connectivity index (χ0) is 15.5. The lowest BCUT2D eigenvalue weighted by Gasteiger charge is -2.30. The first-order valence-corrected chi connectivity index (χ1v) is 7.88. The standard InChI is InChI=1S/C17H22N4O/c1-13-12-16(20(2)19-13)17(22)21-11-5-3-4-6-15(21)14-7-9-18-10-8-14/h7-10,12,15H,3-6,11H2,1-2H3. The molecule has 22 heavy (non-hydrogen) atoms. The number of pyridine rings is 1. The van der Waals surface area contributed by atoms with Crippen LogP contribution in [0, 0.1) is 6.92 Å². The number of aromatic nitrogens is 3. The summed E-state index contributed by atoms with van der Waals surface area (Å²) < 4.78 is 1.69. The molecule has 1 aliphatic heterocycles. The van der Waals surface area contributed by atoms with Crippen LogP contribution >= 0.6 is 0 Å². The number of aryl methyl sites for hydroxylation is 2. The fourth-order valence-electron chi connectivity index (χ4n) is 3.24. The van der Waals surface area contributed by atoms with Gasteiger partial charge in [-0.3, -0.25) is 14.5 Å². The average molecular weight is 298 g/mol. The van der Waals surface area contributed by atoms with E-state index >= 15 is 0 Å². The molecule has 1 fully saturated rings. The van der Waals surface area contributed by atoms with Gasteiger partial charge in [0.25, 0.3) is 5.91 Å². The predicted octanol–water partition coefficient (Wildman–Crippen LogP) is 2.88. The number of likely N-dealkylation sites (tertiary alicyclic amines) is 1. The van der Waals surface area contributed by atoms with Crippen LogP contribution in [-0.2, 0) is 7.05 Å². The van der Waals surface area contributed by atoms with E-state index in [1.807, 2.05) is 37.1 Å². The molecule has 0 spiro atoms. The lowest BCUT2D eigenvalue weighted by molar-refractivity contribution is 0.0669. The third-order valence-electron chi connectivity index (χ3n) is 4.33. The van der Waals surface area contributed by atoms with Gasteiger partial charge < -0.3 is 4.90 Å². The molecular weight excluding hydrogens is 276 g/mol. The van der Waals surface area contributed by atoms with Gasteiger partial charge in [-0.2, -0.15) is 5.10 Å². The Balaban J connectivity index is 1.94. The molecular formula is C17H22N4O. The molecule has 1 saturated heterocycles. The largest absolute Gasteiger partial charge is 0.330 e. The molecule has 3 rings (SSSR count). The molecule has 0 saturated carbocycles. The molecule has 5 nitrogen and oxygen atoms in total.